The van der Waals surface area contributed by atoms with Crippen molar-refractivity contribution in [2.45, 2.75) is 12.8 Å². The number of anilines is 1. The predicted molar refractivity (Wildman–Crippen MR) is 57.7 cm³/mol. The molecule has 6 heteroatoms. The van der Waals surface area contributed by atoms with Gasteiger partial charge in [-0.25, -0.2) is 4.68 Å². The zero-order valence-corrected chi connectivity index (χ0v) is 9.35. The maximum absolute atomic E-state index is 4.02. The van der Waals surface area contributed by atoms with Crippen molar-refractivity contribution in [2.24, 2.45) is 13.0 Å². The van der Waals surface area contributed by atoms with E-state index in [0.717, 1.165) is 31.5 Å². The summed E-state index contributed by atoms with van der Waals surface area (Å²) in [4.78, 5) is 2.26. The Morgan fingerprint density at radius 3 is 2.67 bits per heavy atom. The average molecular weight is 210 g/mol. The second-order valence-electron chi connectivity index (χ2n) is 4.09. The normalized spacial score (nSPS) is 18.4. The van der Waals surface area contributed by atoms with E-state index in [1.54, 1.807) is 4.68 Å². The van der Waals surface area contributed by atoms with Crippen molar-refractivity contribution in [2.75, 3.05) is 31.6 Å². The molecule has 2 heterocycles. The molecule has 0 saturated carbocycles. The van der Waals surface area contributed by atoms with E-state index in [1.807, 2.05) is 14.1 Å². The van der Waals surface area contributed by atoms with Crippen molar-refractivity contribution in [3.05, 3.63) is 0 Å². The van der Waals surface area contributed by atoms with Crippen LogP contribution in [0.1, 0.15) is 12.8 Å². The molecule has 1 saturated heterocycles. The summed E-state index contributed by atoms with van der Waals surface area (Å²) < 4.78 is 1.73. The van der Waals surface area contributed by atoms with E-state index in [-0.39, 0.29) is 0 Å². The first kappa shape index (κ1) is 10.4. The van der Waals surface area contributed by atoms with Crippen molar-refractivity contribution in [1.82, 2.24) is 25.5 Å². The van der Waals surface area contributed by atoms with Gasteiger partial charge in [0.1, 0.15) is 0 Å². The van der Waals surface area contributed by atoms with Crippen LogP contribution in [0.25, 0.3) is 0 Å². The Morgan fingerprint density at radius 2 is 2.13 bits per heavy atom. The van der Waals surface area contributed by atoms with Crippen LogP contribution in [0.3, 0.4) is 0 Å². The Labute approximate surface area is 89.6 Å². The fraction of sp³-hybridized carbons (Fsp3) is 0.889. The molecule has 0 unspecified atom stereocenters. The summed E-state index contributed by atoms with van der Waals surface area (Å²) in [5.41, 5.74) is 0. The quantitative estimate of drug-likeness (QED) is 0.738. The van der Waals surface area contributed by atoms with Gasteiger partial charge in [0.25, 0.3) is 0 Å². The molecular weight excluding hydrogens is 192 g/mol. The molecule has 0 amide bonds. The van der Waals surface area contributed by atoms with E-state index >= 15 is 0 Å². The van der Waals surface area contributed by atoms with Crippen LogP contribution in [0.5, 0.6) is 0 Å². The highest BCUT2D eigenvalue weighted by molar-refractivity contribution is 5.28. The van der Waals surface area contributed by atoms with Crippen molar-refractivity contribution in [3.8, 4) is 0 Å². The van der Waals surface area contributed by atoms with Crippen LogP contribution in [0.4, 0.5) is 5.95 Å². The maximum Gasteiger partial charge on any atom is 0.245 e. The van der Waals surface area contributed by atoms with Gasteiger partial charge in [-0.2, -0.15) is 0 Å². The minimum atomic E-state index is 0.799. The molecule has 0 radical (unpaired) electrons. The van der Waals surface area contributed by atoms with E-state index in [4.69, 9.17) is 0 Å². The average Bonchev–Trinajstić information content (AvgIpc) is 2.66. The van der Waals surface area contributed by atoms with Gasteiger partial charge in [-0.3, -0.25) is 0 Å². The zero-order valence-electron chi connectivity index (χ0n) is 9.35. The first-order valence-corrected chi connectivity index (χ1v) is 5.43. The number of nitrogens with one attached hydrogen (secondary N) is 1. The van der Waals surface area contributed by atoms with Crippen LogP contribution in [0.2, 0.25) is 0 Å². The van der Waals surface area contributed by atoms with Gasteiger partial charge >= 0.3 is 0 Å². The number of piperidine rings is 1. The lowest BCUT2D eigenvalue weighted by Crippen LogP contribution is -2.38. The molecule has 0 atom stereocenters. The number of hydrogen-bond acceptors (Lipinski definition) is 5. The number of aromatic nitrogens is 4. The molecule has 1 aromatic heterocycles. The van der Waals surface area contributed by atoms with Crippen LogP contribution >= 0.6 is 0 Å². The third kappa shape index (κ3) is 2.26. The van der Waals surface area contributed by atoms with Crippen LogP contribution < -0.4 is 10.2 Å². The van der Waals surface area contributed by atoms with Crippen LogP contribution in [-0.4, -0.2) is 46.9 Å². The van der Waals surface area contributed by atoms with Gasteiger partial charge in [0.2, 0.25) is 5.95 Å². The largest absolute Gasteiger partial charge is 0.340 e. The Morgan fingerprint density at radius 1 is 1.40 bits per heavy atom. The van der Waals surface area contributed by atoms with Gasteiger partial charge in [0, 0.05) is 20.1 Å². The fourth-order valence-corrected chi connectivity index (χ4v) is 2.12. The third-order valence-electron chi connectivity index (χ3n) is 2.99. The zero-order chi connectivity index (χ0) is 10.7. The van der Waals surface area contributed by atoms with Gasteiger partial charge in [-0.05, 0) is 42.8 Å². The summed E-state index contributed by atoms with van der Waals surface area (Å²) >= 11 is 0. The second kappa shape index (κ2) is 4.57. The van der Waals surface area contributed by atoms with Gasteiger partial charge in [0.05, 0.1) is 0 Å². The Kier molecular flexibility index (Phi) is 3.15. The number of hydrogen-bond donors (Lipinski definition) is 1. The summed E-state index contributed by atoms with van der Waals surface area (Å²) in [7, 11) is 3.90. The molecule has 0 aliphatic carbocycles. The van der Waals surface area contributed by atoms with Crippen molar-refractivity contribution < 1.29 is 0 Å². The minimum absolute atomic E-state index is 0.799. The molecule has 1 fully saturated rings. The summed E-state index contributed by atoms with van der Waals surface area (Å²) in [5.74, 6) is 1.69. The smallest absolute Gasteiger partial charge is 0.245 e. The van der Waals surface area contributed by atoms with Gasteiger partial charge < -0.3 is 10.2 Å². The van der Waals surface area contributed by atoms with Crippen LogP contribution in [-0.2, 0) is 7.05 Å². The van der Waals surface area contributed by atoms with Gasteiger partial charge in [0.15, 0.2) is 0 Å². The Bertz CT molecular complexity index is 301. The van der Waals surface area contributed by atoms with E-state index in [2.05, 4.69) is 25.7 Å². The molecule has 6 nitrogen and oxygen atoms in total. The van der Waals surface area contributed by atoms with E-state index in [1.165, 1.54) is 12.8 Å². The standard InChI is InChI=1S/C9H18N6/c1-10-7-8-3-5-15(6-4-8)9-11-12-13-14(9)2/h8,10H,3-7H2,1-2H3. The first-order valence-electron chi connectivity index (χ1n) is 5.43. The molecule has 2 rings (SSSR count). The SMILES string of the molecule is CNCC1CCN(c2nnnn2C)CC1. The monoisotopic (exact) mass is 210 g/mol. The molecule has 0 spiro atoms. The summed E-state index contributed by atoms with van der Waals surface area (Å²) in [6.07, 6.45) is 2.43. The van der Waals surface area contributed by atoms with E-state index < -0.39 is 0 Å². The third-order valence-corrected chi connectivity index (χ3v) is 2.99. The van der Waals surface area contributed by atoms with Gasteiger partial charge in [-0.1, -0.05) is 5.10 Å². The van der Waals surface area contributed by atoms with Crippen molar-refractivity contribution >= 4 is 5.95 Å². The number of aryl methyl sites for hydroxylation is 1. The highest BCUT2D eigenvalue weighted by Crippen LogP contribution is 2.19. The lowest BCUT2D eigenvalue weighted by atomic mass is 9.97. The first-order chi connectivity index (χ1) is 7.31. The minimum Gasteiger partial charge on any atom is -0.340 e. The number of rotatable bonds is 3. The summed E-state index contributed by atoms with van der Waals surface area (Å²) in [5, 5.41) is 14.8. The molecule has 1 aliphatic rings. The van der Waals surface area contributed by atoms with E-state index in [0.29, 0.717) is 0 Å². The maximum atomic E-state index is 4.02. The Balaban J connectivity index is 1.91. The highest BCUT2D eigenvalue weighted by Gasteiger charge is 2.21. The molecule has 15 heavy (non-hydrogen) atoms. The van der Waals surface area contributed by atoms with Crippen LogP contribution in [0.15, 0.2) is 0 Å². The number of nitrogens with zero attached hydrogens (tertiary/aromatic N) is 5. The molecule has 1 aliphatic heterocycles. The molecule has 0 bridgehead atoms. The lowest BCUT2D eigenvalue weighted by molar-refractivity contribution is 0.389. The topological polar surface area (TPSA) is 58.9 Å². The fourth-order valence-electron chi connectivity index (χ4n) is 2.12. The lowest BCUT2D eigenvalue weighted by Gasteiger charge is -2.31. The Hall–Kier alpha value is -1.17. The number of tetrazole rings is 1. The van der Waals surface area contributed by atoms with E-state index in [9.17, 15) is 0 Å². The van der Waals surface area contributed by atoms with Crippen LogP contribution in [0, 0.1) is 5.92 Å². The summed E-state index contributed by atoms with van der Waals surface area (Å²) in [6, 6.07) is 0. The molecule has 1 aromatic rings. The second-order valence-corrected chi connectivity index (χ2v) is 4.09. The molecule has 1 N–H and O–H groups in total. The van der Waals surface area contributed by atoms with Gasteiger partial charge in [-0.15, -0.1) is 0 Å². The highest BCUT2D eigenvalue weighted by atomic mass is 15.6. The van der Waals surface area contributed by atoms with Crippen molar-refractivity contribution in [1.29, 1.82) is 0 Å². The van der Waals surface area contributed by atoms with Crippen molar-refractivity contribution in [3.63, 3.8) is 0 Å². The summed E-state index contributed by atoms with van der Waals surface area (Å²) in [6.45, 7) is 3.23. The molecule has 84 valence electrons. The predicted octanol–water partition coefficient (Wildman–Crippen LogP) is -0.354. The molecular formula is C9H18N6. The molecule has 0 aromatic carbocycles.